The summed E-state index contributed by atoms with van der Waals surface area (Å²) < 4.78 is 30.4. The number of sulfonamides is 1. The second-order valence-electron chi connectivity index (χ2n) is 6.59. The van der Waals surface area contributed by atoms with Crippen LogP contribution in [0, 0.1) is 5.92 Å². The van der Waals surface area contributed by atoms with E-state index in [0.29, 0.717) is 38.2 Å². The van der Waals surface area contributed by atoms with Gasteiger partial charge in [-0.3, -0.25) is 4.79 Å². The Bertz CT molecular complexity index is 755. The quantitative estimate of drug-likeness (QED) is 0.705. The molecule has 1 aliphatic heterocycles. The van der Waals surface area contributed by atoms with E-state index in [0.717, 1.165) is 5.56 Å². The van der Waals surface area contributed by atoms with Crippen molar-refractivity contribution >= 4 is 21.9 Å². The van der Waals surface area contributed by atoms with Crippen molar-refractivity contribution in [1.29, 1.82) is 0 Å². The number of hydrogen-bond acceptors (Lipinski definition) is 5. The Labute approximate surface area is 159 Å². The summed E-state index contributed by atoms with van der Waals surface area (Å²) >= 11 is 0. The van der Waals surface area contributed by atoms with Crippen LogP contribution in [0.15, 0.2) is 24.3 Å². The summed E-state index contributed by atoms with van der Waals surface area (Å²) in [5.41, 5.74) is 0.902. The monoisotopic (exact) mass is 398 g/mol. The maximum absolute atomic E-state index is 12.6. The normalized spacial score (nSPS) is 16.1. The van der Waals surface area contributed by atoms with E-state index in [2.05, 4.69) is 0 Å². The highest BCUT2D eigenvalue weighted by molar-refractivity contribution is 7.89. The van der Waals surface area contributed by atoms with Gasteiger partial charge in [-0.05, 0) is 37.5 Å². The second-order valence-corrected chi connectivity index (χ2v) is 8.85. The molecule has 9 heteroatoms. The van der Waals surface area contributed by atoms with E-state index in [1.165, 1.54) is 4.31 Å². The molecule has 0 aliphatic carbocycles. The Morgan fingerprint density at radius 3 is 2.33 bits per heavy atom. The molecule has 0 radical (unpaired) electrons. The van der Waals surface area contributed by atoms with E-state index in [-0.39, 0.29) is 17.6 Å². The number of ether oxygens (including phenoxy) is 1. The van der Waals surface area contributed by atoms with Crippen LogP contribution in [0.5, 0.6) is 5.75 Å². The largest absolute Gasteiger partial charge is 0.482 e. The molecule has 0 atom stereocenters. The van der Waals surface area contributed by atoms with Gasteiger partial charge < -0.3 is 14.7 Å². The molecule has 8 nitrogen and oxygen atoms in total. The first kappa shape index (κ1) is 21.2. The van der Waals surface area contributed by atoms with Gasteiger partial charge in [0.25, 0.3) is 0 Å². The molecule has 1 N–H and O–H groups in total. The number of carbonyl (C=O) groups excluding carboxylic acids is 1. The first-order valence-corrected chi connectivity index (χ1v) is 10.5. The van der Waals surface area contributed by atoms with Crippen LogP contribution in [0.4, 0.5) is 0 Å². The minimum atomic E-state index is -3.19. The number of carbonyl (C=O) groups is 2. The van der Waals surface area contributed by atoms with Crippen LogP contribution in [0.1, 0.15) is 25.3 Å². The predicted octanol–water partition coefficient (Wildman–Crippen LogP) is 1.17. The highest BCUT2D eigenvalue weighted by atomic mass is 32.2. The number of nitrogens with zero attached hydrogens (tertiary/aromatic N) is 2. The second kappa shape index (κ2) is 9.18. The number of aliphatic carboxylic acids is 1. The molecule has 0 bridgehead atoms. The van der Waals surface area contributed by atoms with Gasteiger partial charge in [0.1, 0.15) is 5.75 Å². The fourth-order valence-electron chi connectivity index (χ4n) is 3.06. The van der Waals surface area contributed by atoms with Gasteiger partial charge in [-0.2, -0.15) is 0 Å². The summed E-state index contributed by atoms with van der Waals surface area (Å²) in [6.07, 6.45) is 1.06. The van der Waals surface area contributed by atoms with Gasteiger partial charge in [0, 0.05) is 32.6 Å². The lowest BCUT2D eigenvalue weighted by molar-refractivity contribution is -0.139. The molecule has 1 heterocycles. The maximum atomic E-state index is 12.6. The molecule has 2 rings (SSSR count). The molecular weight excluding hydrogens is 372 g/mol. The van der Waals surface area contributed by atoms with Crippen LogP contribution in [0.2, 0.25) is 0 Å². The van der Waals surface area contributed by atoms with Crippen molar-refractivity contribution in [2.45, 2.75) is 26.3 Å². The minimum Gasteiger partial charge on any atom is -0.482 e. The molecule has 1 aromatic rings. The Morgan fingerprint density at radius 1 is 1.22 bits per heavy atom. The summed E-state index contributed by atoms with van der Waals surface area (Å²) in [5, 5.41) is 8.60. The van der Waals surface area contributed by atoms with Crippen molar-refractivity contribution in [3.63, 3.8) is 0 Å². The predicted molar refractivity (Wildman–Crippen MR) is 99.8 cm³/mol. The number of rotatable bonds is 8. The third-order valence-corrected chi connectivity index (χ3v) is 6.52. The van der Waals surface area contributed by atoms with E-state index in [1.54, 1.807) is 43.1 Å². The van der Waals surface area contributed by atoms with Crippen molar-refractivity contribution in [3.8, 4) is 5.75 Å². The zero-order chi connectivity index (χ0) is 20.0. The zero-order valence-electron chi connectivity index (χ0n) is 15.6. The Morgan fingerprint density at radius 2 is 1.81 bits per heavy atom. The SMILES string of the molecule is CCS(=O)(=O)N1CCC(C(=O)N(C)Cc2ccc(OCC(=O)O)cc2)CC1. The summed E-state index contributed by atoms with van der Waals surface area (Å²) in [6, 6.07) is 6.92. The van der Waals surface area contributed by atoms with Crippen LogP contribution in [0.3, 0.4) is 0 Å². The standard InChI is InChI=1S/C18H26N2O6S/c1-3-27(24,25)20-10-8-15(9-11-20)18(23)19(2)12-14-4-6-16(7-5-14)26-13-17(21)22/h4-7,15H,3,8-13H2,1-2H3,(H,21,22). The molecule has 0 saturated carbocycles. The fourth-order valence-corrected chi connectivity index (χ4v) is 4.20. The lowest BCUT2D eigenvalue weighted by Gasteiger charge is -2.32. The lowest BCUT2D eigenvalue weighted by atomic mass is 9.96. The van der Waals surface area contributed by atoms with Crippen LogP contribution < -0.4 is 4.74 Å². The van der Waals surface area contributed by atoms with Crippen LogP contribution >= 0.6 is 0 Å². The topological polar surface area (TPSA) is 104 Å². The molecule has 1 aromatic carbocycles. The zero-order valence-corrected chi connectivity index (χ0v) is 16.4. The molecule has 0 unspecified atom stereocenters. The maximum Gasteiger partial charge on any atom is 0.341 e. The molecule has 1 fully saturated rings. The van der Waals surface area contributed by atoms with Crippen molar-refractivity contribution in [2.75, 3.05) is 32.5 Å². The van der Waals surface area contributed by atoms with Gasteiger partial charge in [-0.25, -0.2) is 17.5 Å². The van der Waals surface area contributed by atoms with E-state index in [4.69, 9.17) is 9.84 Å². The number of benzene rings is 1. The Hall–Kier alpha value is -2.13. The van der Waals surface area contributed by atoms with E-state index in [9.17, 15) is 18.0 Å². The molecule has 0 aromatic heterocycles. The lowest BCUT2D eigenvalue weighted by Crippen LogP contribution is -2.43. The number of carboxylic acid groups (broad SMARTS) is 1. The van der Waals surface area contributed by atoms with Crippen molar-refractivity contribution in [1.82, 2.24) is 9.21 Å². The number of piperidine rings is 1. The van der Waals surface area contributed by atoms with Gasteiger partial charge >= 0.3 is 5.97 Å². The van der Waals surface area contributed by atoms with Gasteiger partial charge in [-0.15, -0.1) is 0 Å². The van der Waals surface area contributed by atoms with E-state index in [1.807, 2.05) is 0 Å². The van der Waals surface area contributed by atoms with Crippen LogP contribution in [0.25, 0.3) is 0 Å². The average molecular weight is 398 g/mol. The first-order chi connectivity index (χ1) is 12.7. The molecule has 1 aliphatic rings. The number of hydrogen-bond donors (Lipinski definition) is 1. The molecular formula is C18H26N2O6S. The molecule has 27 heavy (non-hydrogen) atoms. The first-order valence-electron chi connectivity index (χ1n) is 8.89. The molecule has 1 saturated heterocycles. The third-order valence-electron chi connectivity index (χ3n) is 4.64. The summed E-state index contributed by atoms with van der Waals surface area (Å²) in [6.45, 7) is 2.42. The summed E-state index contributed by atoms with van der Waals surface area (Å²) in [7, 11) is -1.47. The molecule has 0 spiro atoms. The van der Waals surface area contributed by atoms with Gasteiger partial charge in [-0.1, -0.05) is 12.1 Å². The number of amides is 1. The average Bonchev–Trinajstić information content (AvgIpc) is 2.66. The fraction of sp³-hybridized carbons (Fsp3) is 0.556. The smallest absolute Gasteiger partial charge is 0.341 e. The third kappa shape index (κ3) is 5.93. The van der Waals surface area contributed by atoms with Gasteiger partial charge in [0.2, 0.25) is 15.9 Å². The van der Waals surface area contributed by atoms with Crippen molar-refractivity contribution in [3.05, 3.63) is 29.8 Å². The highest BCUT2D eigenvalue weighted by Crippen LogP contribution is 2.22. The minimum absolute atomic E-state index is 0.00903. The molecule has 1 amide bonds. The van der Waals surface area contributed by atoms with E-state index >= 15 is 0 Å². The highest BCUT2D eigenvalue weighted by Gasteiger charge is 2.31. The summed E-state index contributed by atoms with van der Waals surface area (Å²) in [4.78, 5) is 24.8. The van der Waals surface area contributed by atoms with Gasteiger partial charge in [0.15, 0.2) is 6.61 Å². The number of carboxylic acids is 1. The van der Waals surface area contributed by atoms with Crippen molar-refractivity contribution in [2.24, 2.45) is 5.92 Å². The van der Waals surface area contributed by atoms with Gasteiger partial charge in [0.05, 0.1) is 5.75 Å². The van der Waals surface area contributed by atoms with Crippen LogP contribution in [-0.4, -0.2) is 67.1 Å². The molecule has 150 valence electrons. The Balaban J connectivity index is 1.86. The van der Waals surface area contributed by atoms with Crippen LogP contribution in [-0.2, 0) is 26.2 Å². The summed E-state index contributed by atoms with van der Waals surface area (Å²) in [5.74, 6) is -0.661. The van der Waals surface area contributed by atoms with Crippen molar-refractivity contribution < 1.29 is 27.9 Å². The van der Waals surface area contributed by atoms with E-state index < -0.39 is 22.6 Å². The Kier molecular flexibility index (Phi) is 7.20.